The number of carboxylic acids is 1. The molecule has 1 rings (SSSR count). The number of carbonyl (C=O) groups excluding carboxylic acids is 2. The van der Waals surface area contributed by atoms with Gasteiger partial charge < -0.3 is 15.3 Å². The van der Waals surface area contributed by atoms with Gasteiger partial charge in [-0.15, -0.1) is 0 Å². The van der Waals surface area contributed by atoms with Crippen LogP contribution < -0.4 is 5.32 Å². The topological polar surface area (TPSA) is 86.7 Å². The summed E-state index contributed by atoms with van der Waals surface area (Å²) in [5.41, 5.74) is 0. The van der Waals surface area contributed by atoms with Gasteiger partial charge in [0, 0.05) is 13.1 Å². The van der Waals surface area contributed by atoms with E-state index in [4.69, 9.17) is 5.11 Å². The number of rotatable bonds is 5. The van der Waals surface area contributed by atoms with E-state index in [0.29, 0.717) is 12.8 Å². The summed E-state index contributed by atoms with van der Waals surface area (Å²) in [5.74, 6) is -2.49. The van der Waals surface area contributed by atoms with Crippen molar-refractivity contribution in [2.45, 2.75) is 39.2 Å². The van der Waals surface area contributed by atoms with Crippen molar-refractivity contribution in [3.05, 3.63) is 0 Å². The number of nitrogens with one attached hydrogen (secondary N) is 1. The summed E-state index contributed by atoms with van der Waals surface area (Å²) in [6, 6.07) is 0.0225. The van der Waals surface area contributed by atoms with Gasteiger partial charge in [-0.3, -0.25) is 14.4 Å². The Kier molecular flexibility index (Phi) is 5.32. The van der Waals surface area contributed by atoms with Crippen molar-refractivity contribution in [1.29, 1.82) is 0 Å². The van der Waals surface area contributed by atoms with Gasteiger partial charge in [0.05, 0.1) is 18.4 Å². The molecule has 6 heteroatoms. The zero-order chi connectivity index (χ0) is 14.6. The molecule has 0 spiro atoms. The van der Waals surface area contributed by atoms with Crippen LogP contribution in [0.2, 0.25) is 0 Å². The van der Waals surface area contributed by atoms with Crippen LogP contribution in [0.3, 0.4) is 0 Å². The molecule has 108 valence electrons. The van der Waals surface area contributed by atoms with Crippen LogP contribution in [0.15, 0.2) is 0 Å². The Labute approximate surface area is 113 Å². The first-order chi connectivity index (χ1) is 8.82. The molecule has 2 N–H and O–H groups in total. The van der Waals surface area contributed by atoms with Gasteiger partial charge in [-0.1, -0.05) is 6.42 Å². The van der Waals surface area contributed by atoms with E-state index in [9.17, 15) is 14.4 Å². The summed E-state index contributed by atoms with van der Waals surface area (Å²) in [6.07, 6.45) is 1.88. The van der Waals surface area contributed by atoms with Crippen molar-refractivity contribution in [3.8, 4) is 0 Å². The van der Waals surface area contributed by atoms with Gasteiger partial charge >= 0.3 is 5.97 Å². The molecule has 0 aromatic carbocycles. The number of amides is 2. The fourth-order valence-electron chi connectivity index (χ4n) is 2.50. The van der Waals surface area contributed by atoms with Crippen LogP contribution in [0.1, 0.15) is 33.1 Å². The highest BCUT2D eigenvalue weighted by Crippen LogP contribution is 2.33. The molecule has 1 fully saturated rings. The van der Waals surface area contributed by atoms with Crippen LogP contribution >= 0.6 is 0 Å². The first-order valence-electron chi connectivity index (χ1n) is 6.60. The molecule has 6 nitrogen and oxygen atoms in total. The molecule has 0 heterocycles. The molecular formula is C13H22N2O4. The average molecular weight is 270 g/mol. The highest BCUT2D eigenvalue weighted by molar-refractivity contribution is 5.88. The quantitative estimate of drug-likeness (QED) is 0.760. The van der Waals surface area contributed by atoms with Gasteiger partial charge in [0.2, 0.25) is 11.8 Å². The molecule has 0 aromatic heterocycles. The molecule has 0 radical (unpaired) electrons. The Hall–Kier alpha value is -1.59. The molecule has 2 amide bonds. The van der Waals surface area contributed by atoms with E-state index in [2.05, 4.69) is 5.32 Å². The van der Waals surface area contributed by atoms with Crippen molar-refractivity contribution >= 4 is 17.8 Å². The van der Waals surface area contributed by atoms with Crippen LogP contribution in [-0.4, -0.2) is 47.4 Å². The highest BCUT2D eigenvalue weighted by atomic mass is 16.4. The van der Waals surface area contributed by atoms with E-state index in [0.717, 1.165) is 6.42 Å². The molecule has 1 aliphatic rings. The molecule has 0 aliphatic heterocycles. The number of hydrogen-bond acceptors (Lipinski definition) is 3. The fourth-order valence-corrected chi connectivity index (χ4v) is 2.50. The summed E-state index contributed by atoms with van der Waals surface area (Å²) >= 11 is 0. The number of aliphatic carboxylic acids is 1. The molecule has 2 unspecified atom stereocenters. The van der Waals surface area contributed by atoms with E-state index >= 15 is 0 Å². The summed E-state index contributed by atoms with van der Waals surface area (Å²) in [4.78, 5) is 36.1. The lowest BCUT2D eigenvalue weighted by Crippen LogP contribution is -2.44. The first-order valence-corrected chi connectivity index (χ1v) is 6.60. The number of carboxylic acid groups (broad SMARTS) is 1. The van der Waals surface area contributed by atoms with Gasteiger partial charge in [-0.2, -0.15) is 0 Å². The van der Waals surface area contributed by atoms with E-state index in [1.165, 1.54) is 4.90 Å². The van der Waals surface area contributed by atoms with Crippen LogP contribution in [0.25, 0.3) is 0 Å². The number of carbonyl (C=O) groups is 3. The summed E-state index contributed by atoms with van der Waals surface area (Å²) in [5, 5.41) is 11.8. The van der Waals surface area contributed by atoms with E-state index in [-0.39, 0.29) is 24.4 Å². The predicted octanol–water partition coefficient (Wildman–Crippen LogP) is 0.470. The molecule has 1 saturated carbocycles. The minimum atomic E-state index is -0.920. The SMILES string of the molecule is CC(C)NC(=O)CN(C)C(=O)C1CCCC1C(=O)O. The summed E-state index contributed by atoms with van der Waals surface area (Å²) < 4.78 is 0. The largest absolute Gasteiger partial charge is 0.481 e. The number of nitrogens with zero attached hydrogens (tertiary/aromatic N) is 1. The summed E-state index contributed by atoms with van der Waals surface area (Å²) in [6.45, 7) is 3.66. The third-order valence-corrected chi connectivity index (χ3v) is 3.36. The monoisotopic (exact) mass is 270 g/mol. The van der Waals surface area contributed by atoms with Crippen LogP contribution in [-0.2, 0) is 14.4 Å². The van der Waals surface area contributed by atoms with E-state index in [1.807, 2.05) is 13.8 Å². The molecule has 0 saturated heterocycles. The zero-order valence-electron chi connectivity index (χ0n) is 11.7. The smallest absolute Gasteiger partial charge is 0.307 e. The number of hydrogen-bond donors (Lipinski definition) is 2. The Morgan fingerprint density at radius 3 is 2.37 bits per heavy atom. The van der Waals surface area contributed by atoms with E-state index < -0.39 is 17.8 Å². The molecule has 0 bridgehead atoms. The Morgan fingerprint density at radius 1 is 1.26 bits per heavy atom. The molecule has 1 aliphatic carbocycles. The summed E-state index contributed by atoms with van der Waals surface area (Å²) in [7, 11) is 1.54. The van der Waals surface area contributed by atoms with Crippen molar-refractivity contribution < 1.29 is 19.5 Å². The minimum Gasteiger partial charge on any atom is -0.481 e. The lowest BCUT2D eigenvalue weighted by molar-refractivity contribution is -0.149. The second-order valence-electron chi connectivity index (χ2n) is 5.40. The minimum absolute atomic E-state index is 0.0225. The maximum atomic E-state index is 12.2. The molecule has 19 heavy (non-hydrogen) atoms. The number of likely N-dealkylation sites (N-methyl/N-ethyl adjacent to an activating group) is 1. The van der Waals surface area contributed by atoms with Crippen molar-refractivity contribution in [3.63, 3.8) is 0 Å². The van der Waals surface area contributed by atoms with Crippen LogP contribution in [0.4, 0.5) is 0 Å². The second kappa shape index (κ2) is 6.54. The van der Waals surface area contributed by atoms with Crippen molar-refractivity contribution in [2.75, 3.05) is 13.6 Å². The van der Waals surface area contributed by atoms with Gasteiger partial charge in [0.1, 0.15) is 0 Å². The standard InChI is InChI=1S/C13H22N2O4/c1-8(2)14-11(16)7-15(3)12(17)9-5-4-6-10(9)13(18)19/h8-10H,4-7H2,1-3H3,(H,14,16)(H,18,19). The Bertz CT molecular complexity index is 368. The van der Waals surface area contributed by atoms with Gasteiger partial charge in [0.15, 0.2) is 0 Å². The maximum absolute atomic E-state index is 12.2. The average Bonchev–Trinajstić information content (AvgIpc) is 2.75. The van der Waals surface area contributed by atoms with Crippen LogP contribution in [0, 0.1) is 11.8 Å². The van der Waals surface area contributed by atoms with Crippen molar-refractivity contribution in [1.82, 2.24) is 10.2 Å². The molecule has 0 aromatic rings. The van der Waals surface area contributed by atoms with E-state index in [1.54, 1.807) is 7.05 Å². The third-order valence-electron chi connectivity index (χ3n) is 3.36. The Morgan fingerprint density at radius 2 is 1.84 bits per heavy atom. The predicted molar refractivity (Wildman–Crippen MR) is 69.4 cm³/mol. The van der Waals surface area contributed by atoms with Gasteiger partial charge in [0.25, 0.3) is 0 Å². The normalized spacial score (nSPS) is 22.3. The van der Waals surface area contributed by atoms with Gasteiger partial charge in [-0.25, -0.2) is 0 Å². The molecule has 2 atom stereocenters. The molecular weight excluding hydrogens is 248 g/mol. The Balaban J connectivity index is 2.57. The lowest BCUT2D eigenvalue weighted by Gasteiger charge is -2.23. The third kappa shape index (κ3) is 4.22. The maximum Gasteiger partial charge on any atom is 0.307 e. The first kappa shape index (κ1) is 15.5. The fraction of sp³-hybridized carbons (Fsp3) is 0.769. The van der Waals surface area contributed by atoms with Crippen LogP contribution in [0.5, 0.6) is 0 Å². The second-order valence-corrected chi connectivity index (χ2v) is 5.40. The van der Waals surface area contributed by atoms with Crippen molar-refractivity contribution in [2.24, 2.45) is 11.8 Å². The lowest BCUT2D eigenvalue weighted by atomic mass is 9.95. The van der Waals surface area contributed by atoms with Gasteiger partial charge in [-0.05, 0) is 26.7 Å². The highest BCUT2D eigenvalue weighted by Gasteiger charge is 2.39. The zero-order valence-corrected chi connectivity index (χ0v) is 11.7.